The Morgan fingerprint density at radius 3 is 2.46 bits per heavy atom. The van der Waals surface area contributed by atoms with Crippen LogP contribution in [-0.2, 0) is 16.0 Å². The number of hydrogen-bond donors (Lipinski definition) is 1. The Hall–Kier alpha value is -3.02. The maximum absolute atomic E-state index is 12.7. The summed E-state index contributed by atoms with van der Waals surface area (Å²) in [6.07, 6.45) is 1.41. The number of benzene rings is 2. The summed E-state index contributed by atoms with van der Waals surface area (Å²) in [4.78, 5) is 26.0. The first-order chi connectivity index (χ1) is 13.6. The van der Waals surface area contributed by atoms with E-state index in [1.165, 1.54) is 4.90 Å². The van der Waals surface area contributed by atoms with Gasteiger partial charge in [0.05, 0.1) is 13.2 Å². The van der Waals surface area contributed by atoms with Gasteiger partial charge in [0.15, 0.2) is 17.5 Å². The summed E-state index contributed by atoms with van der Waals surface area (Å²) in [7, 11) is 0. The largest absolute Gasteiger partial charge is 0.490 e. The van der Waals surface area contributed by atoms with Crippen LogP contribution in [0, 0.1) is 0 Å². The summed E-state index contributed by atoms with van der Waals surface area (Å²) >= 11 is 0. The molecule has 0 fully saturated rings. The first kappa shape index (κ1) is 19.7. The SMILES string of the molecule is CCOc1ccccc1OCCCC(=O)N1CCc2ccccc2C1C(=O)O. The van der Waals surface area contributed by atoms with E-state index in [-0.39, 0.29) is 12.3 Å². The number of fused-ring (bicyclic) bond motifs is 1. The molecular formula is C22H25NO5. The molecule has 1 aliphatic rings. The van der Waals surface area contributed by atoms with E-state index in [2.05, 4.69) is 0 Å². The minimum Gasteiger partial charge on any atom is -0.490 e. The van der Waals surface area contributed by atoms with Gasteiger partial charge in [-0.05, 0) is 43.0 Å². The molecule has 2 aromatic rings. The van der Waals surface area contributed by atoms with E-state index in [0.29, 0.717) is 49.7 Å². The molecule has 1 atom stereocenters. The van der Waals surface area contributed by atoms with Crippen LogP contribution in [0.4, 0.5) is 0 Å². The fraction of sp³-hybridized carbons (Fsp3) is 0.364. The van der Waals surface area contributed by atoms with E-state index in [4.69, 9.17) is 9.47 Å². The van der Waals surface area contributed by atoms with E-state index in [0.717, 1.165) is 5.56 Å². The van der Waals surface area contributed by atoms with Crippen molar-refractivity contribution >= 4 is 11.9 Å². The number of amides is 1. The average molecular weight is 383 g/mol. The van der Waals surface area contributed by atoms with Gasteiger partial charge in [-0.25, -0.2) is 4.79 Å². The van der Waals surface area contributed by atoms with Crippen molar-refractivity contribution in [1.82, 2.24) is 4.90 Å². The topological polar surface area (TPSA) is 76.1 Å². The molecule has 1 heterocycles. The van der Waals surface area contributed by atoms with Crippen molar-refractivity contribution in [2.75, 3.05) is 19.8 Å². The van der Waals surface area contributed by atoms with Gasteiger partial charge < -0.3 is 19.5 Å². The lowest BCUT2D eigenvalue weighted by Crippen LogP contribution is -2.43. The fourth-order valence-electron chi connectivity index (χ4n) is 3.49. The number of carboxylic acid groups (broad SMARTS) is 1. The third-order valence-corrected chi connectivity index (χ3v) is 4.78. The molecule has 0 spiro atoms. The lowest BCUT2D eigenvalue weighted by atomic mass is 9.92. The highest BCUT2D eigenvalue weighted by Gasteiger charge is 2.35. The molecule has 1 aliphatic heterocycles. The molecule has 0 saturated carbocycles. The molecule has 1 amide bonds. The number of carbonyl (C=O) groups is 2. The number of ether oxygens (including phenoxy) is 2. The van der Waals surface area contributed by atoms with E-state index >= 15 is 0 Å². The normalized spacial score (nSPS) is 15.6. The monoisotopic (exact) mass is 383 g/mol. The maximum Gasteiger partial charge on any atom is 0.331 e. The lowest BCUT2D eigenvalue weighted by molar-refractivity contribution is -0.151. The van der Waals surface area contributed by atoms with Crippen LogP contribution < -0.4 is 9.47 Å². The smallest absolute Gasteiger partial charge is 0.331 e. The first-order valence-electron chi connectivity index (χ1n) is 9.56. The Balaban J connectivity index is 1.57. The zero-order chi connectivity index (χ0) is 19.9. The summed E-state index contributed by atoms with van der Waals surface area (Å²) in [6, 6.07) is 13.9. The van der Waals surface area contributed by atoms with Crippen LogP contribution in [0.1, 0.15) is 36.9 Å². The van der Waals surface area contributed by atoms with E-state index < -0.39 is 12.0 Å². The second-order valence-electron chi connectivity index (χ2n) is 6.61. The summed E-state index contributed by atoms with van der Waals surface area (Å²) in [6.45, 7) is 3.23. The second kappa shape index (κ2) is 9.26. The zero-order valence-electron chi connectivity index (χ0n) is 16.0. The third-order valence-electron chi connectivity index (χ3n) is 4.78. The van der Waals surface area contributed by atoms with Crippen molar-refractivity contribution in [3.63, 3.8) is 0 Å². The molecule has 0 aliphatic carbocycles. The van der Waals surface area contributed by atoms with Crippen LogP contribution in [0.2, 0.25) is 0 Å². The Morgan fingerprint density at radius 1 is 1.07 bits per heavy atom. The van der Waals surface area contributed by atoms with Crippen molar-refractivity contribution in [2.45, 2.75) is 32.2 Å². The van der Waals surface area contributed by atoms with Crippen LogP contribution in [0.3, 0.4) is 0 Å². The number of rotatable bonds is 8. The summed E-state index contributed by atoms with van der Waals surface area (Å²) < 4.78 is 11.3. The van der Waals surface area contributed by atoms with Gasteiger partial charge >= 0.3 is 5.97 Å². The molecule has 1 N–H and O–H groups in total. The van der Waals surface area contributed by atoms with Gasteiger partial charge in [-0.1, -0.05) is 36.4 Å². The lowest BCUT2D eigenvalue weighted by Gasteiger charge is -2.34. The quantitative estimate of drug-likeness (QED) is 0.707. The molecule has 28 heavy (non-hydrogen) atoms. The number of carboxylic acids is 1. The van der Waals surface area contributed by atoms with Gasteiger partial charge in [-0.2, -0.15) is 0 Å². The van der Waals surface area contributed by atoms with E-state index in [9.17, 15) is 14.7 Å². The number of aliphatic carboxylic acids is 1. The van der Waals surface area contributed by atoms with Gasteiger partial charge in [0.1, 0.15) is 0 Å². The van der Waals surface area contributed by atoms with Crippen LogP contribution >= 0.6 is 0 Å². The summed E-state index contributed by atoms with van der Waals surface area (Å²) in [5, 5.41) is 9.67. The molecule has 6 nitrogen and oxygen atoms in total. The highest BCUT2D eigenvalue weighted by Crippen LogP contribution is 2.31. The molecule has 0 saturated heterocycles. The van der Waals surface area contributed by atoms with Crippen LogP contribution in [0.5, 0.6) is 11.5 Å². The minimum atomic E-state index is -0.998. The Bertz CT molecular complexity index is 835. The van der Waals surface area contributed by atoms with Crippen molar-refractivity contribution in [2.24, 2.45) is 0 Å². The van der Waals surface area contributed by atoms with Crippen molar-refractivity contribution in [1.29, 1.82) is 0 Å². The van der Waals surface area contributed by atoms with Crippen molar-refractivity contribution < 1.29 is 24.2 Å². The predicted molar refractivity (Wildman–Crippen MR) is 105 cm³/mol. The van der Waals surface area contributed by atoms with E-state index in [1.54, 1.807) is 6.07 Å². The molecule has 0 radical (unpaired) electrons. The second-order valence-corrected chi connectivity index (χ2v) is 6.61. The number of nitrogens with zero attached hydrogens (tertiary/aromatic N) is 1. The predicted octanol–water partition coefficient (Wildman–Crippen LogP) is 3.45. The van der Waals surface area contributed by atoms with Crippen LogP contribution in [-0.4, -0.2) is 41.6 Å². The Morgan fingerprint density at radius 2 is 1.75 bits per heavy atom. The molecule has 3 rings (SSSR count). The van der Waals surface area contributed by atoms with Crippen LogP contribution in [0.25, 0.3) is 0 Å². The number of hydrogen-bond acceptors (Lipinski definition) is 4. The number of carbonyl (C=O) groups excluding carboxylic acids is 1. The standard InChI is InChI=1S/C22H25NO5/c1-2-27-18-10-5-6-11-19(18)28-15-7-12-20(24)23-14-13-16-8-3-4-9-17(16)21(23)22(25)26/h3-6,8-11,21H,2,7,12-15H2,1H3,(H,25,26). The molecule has 148 valence electrons. The summed E-state index contributed by atoms with van der Waals surface area (Å²) in [5.41, 5.74) is 1.70. The average Bonchev–Trinajstić information content (AvgIpc) is 2.71. The van der Waals surface area contributed by atoms with Crippen molar-refractivity contribution in [3.8, 4) is 11.5 Å². The molecular weight excluding hydrogens is 358 g/mol. The molecule has 0 bridgehead atoms. The third kappa shape index (κ3) is 4.44. The van der Waals surface area contributed by atoms with Gasteiger partial charge in [-0.15, -0.1) is 0 Å². The first-order valence-corrected chi connectivity index (χ1v) is 9.56. The summed E-state index contributed by atoms with van der Waals surface area (Å²) in [5.74, 6) is 0.160. The maximum atomic E-state index is 12.7. The minimum absolute atomic E-state index is 0.163. The highest BCUT2D eigenvalue weighted by atomic mass is 16.5. The van der Waals surface area contributed by atoms with Gasteiger partial charge in [-0.3, -0.25) is 4.79 Å². The Kier molecular flexibility index (Phi) is 6.53. The van der Waals surface area contributed by atoms with Gasteiger partial charge in [0.25, 0.3) is 0 Å². The Labute approximate surface area is 164 Å². The molecule has 1 unspecified atom stereocenters. The molecule has 6 heteroatoms. The zero-order valence-corrected chi connectivity index (χ0v) is 16.0. The molecule has 0 aromatic heterocycles. The highest BCUT2D eigenvalue weighted by molar-refractivity contribution is 5.85. The fourth-order valence-corrected chi connectivity index (χ4v) is 3.49. The molecule has 2 aromatic carbocycles. The van der Waals surface area contributed by atoms with E-state index in [1.807, 2.05) is 49.4 Å². The van der Waals surface area contributed by atoms with Gasteiger partial charge in [0, 0.05) is 13.0 Å². The number of para-hydroxylation sites is 2. The van der Waals surface area contributed by atoms with Crippen molar-refractivity contribution in [3.05, 3.63) is 59.7 Å². The van der Waals surface area contributed by atoms with Crippen LogP contribution in [0.15, 0.2) is 48.5 Å². The van der Waals surface area contributed by atoms with Gasteiger partial charge in [0.2, 0.25) is 5.91 Å².